The first-order chi connectivity index (χ1) is 14.7. The Kier molecular flexibility index (Phi) is 6.95. The Bertz CT molecular complexity index is 1100. The highest BCUT2D eigenvalue weighted by atomic mass is 19.1. The van der Waals surface area contributed by atoms with Crippen LogP contribution in [0.25, 0.3) is 17.2 Å². The zero-order valence-electron chi connectivity index (χ0n) is 18.7. The van der Waals surface area contributed by atoms with E-state index in [1.807, 2.05) is 64.1 Å². The molecule has 3 aromatic rings. The maximum atomic E-state index is 14.9. The molecule has 2 aromatic carbocycles. The lowest BCUT2D eigenvalue weighted by Crippen LogP contribution is -2.30. The zero-order valence-corrected chi connectivity index (χ0v) is 18.7. The second-order valence-corrected chi connectivity index (χ2v) is 8.11. The molecule has 162 valence electrons. The van der Waals surface area contributed by atoms with Crippen molar-refractivity contribution in [1.82, 2.24) is 5.32 Å². The Morgan fingerprint density at radius 1 is 1.10 bits per heavy atom. The molecule has 0 aliphatic carbocycles. The number of carbonyl (C=O) groups is 1. The third-order valence-corrected chi connectivity index (χ3v) is 5.07. The van der Waals surface area contributed by atoms with E-state index in [1.54, 1.807) is 19.3 Å². The van der Waals surface area contributed by atoms with Crippen molar-refractivity contribution in [2.75, 3.05) is 5.32 Å². The van der Waals surface area contributed by atoms with Gasteiger partial charge in [0.2, 0.25) is 5.91 Å². The Hall–Kier alpha value is -3.34. The maximum Gasteiger partial charge on any atom is 0.247 e. The topological polar surface area (TPSA) is 54.3 Å². The number of halogens is 1. The van der Waals surface area contributed by atoms with Gasteiger partial charge in [-0.05, 0) is 93.3 Å². The summed E-state index contributed by atoms with van der Waals surface area (Å²) in [5.41, 5.74) is 5.61. The van der Waals surface area contributed by atoms with E-state index in [4.69, 9.17) is 4.42 Å². The van der Waals surface area contributed by atoms with Crippen molar-refractivity contribution in [3.63, 3.8) is 0 Å². The summed E-state index contributed by atoms with van der Waals surface area (Å²) in [6.45, 7) is 10.1. The van der Waals surface area contributed by atoms with Crippen LogP contribution in [-0.2, 0) is 11.3 Å². The average molecular weight is 421 g/mol. The van der Waals surface area contributed by atoms with Crippen molar-refractivity contribution in [2.24, 2.45) is 0 Å². The van der Waals surface area contributed by atoms with Crippen LogP contribution < -0.4 is 10.6 Å². The second-order valence-electron chi connectivity index (χ2n) is 8.11. The summed E-state index contributed by atoms with van der Waals surface area (Å²) in [4.78, 5) is 12.2. The van der Waals surface area contributed by atoms with Crippen LogP contribution >= 0.6 is 0 Å². The van der Waals surface area contributed by atoms with E-state index >= 15 is 0 Å². The van der Waals surface area contributed by atoms with Crippen molar-refractivity contribution < 1.29 is 13.6 Å². The first-order valence-corrected chi connectivity index (χ1v) is 10.4. The van der Waals surface area contributed by atoms with Crippen LogP contribution in [0.4, 0.5) is 10.1 Å². The van der Waals surface area contributed by atoms with Gasteiger partial charge in [0.05, 0.1) is 12.8 Å². The number of carbonyl (C=O) groups excluding carboxylic acids is 1. The lowest BCUT2D eigenvalue weighted by molar-refractivity contribution is -0.117. The third kappa shape index (κ3) is 5.63. The van der Waals surface area contributed by atoms with Crippen molar-refractivity contribution in [3.05, 3.63) is 82.6 Å². The van der Waals surface area contributed by atoms with E-state index in [2.05, 4.69) is 10.6 Å². The SMILES string of the molecule is CC(=Cc1cc(C)c(-c2ccc(NCc3ccco3)cc2F)cc1C)C(=O)NC(C)C. The van der Waals surface area contributed by atoms with Crippen LogP contribution in [0.3, 0.4) is 0 Å². The van der Waals surface area contributed by atoms with Crippen LogP contribution in [0.1, 0.15) is 43.2 Å². The van der Waals surface area contributed by atoms with Gasteiger partial charge in [-0.25, -0.2) is 4.39 Å². The van der Waals surface area contributed by atoms with Crippen LogP contribution in [0.15, 0.2) is 58.7 Å². The minimum atomic E-state index is -0.289. The summed E-state index contributed by atoms with van der Waals surface area (Å²) in [6.07, 6.45) is 3.49. The van der Waals surface area contributed by atoms with Gasteiger partial charge >= 0.3 is 0 Å². The van der Waals surface area contributed by atoms with Crippen molar-refractivity contribution >= 4 is 17.7 Å². The van der Waals surface area contributed by atoms with Gasteiger partial charge in [-0.3, -0.25) is 4.79 Å². The molecule has 4 nitrogen and oxygen atoms in total. The summed E-state index contributed by atoms with van der Waals surface area (Å²) in [5, 5.41) is 6.07. The monoisotopic (exact) mass is 420 g/mol. The molecule has 0 aliphatic heterocycles. The van der Waals surface area contributed by atoms with Gasteiger partial charge in [0.15, 0.2) is 0 Å². The van der Waals surface area contributed by atoms with Gasteiger partial charge in [-0.2, -0.15) is 0 Å². The molecule has 0 aliphatic rings. The standard InChI is InChI=1S/C26H29FN2O2/c1-16(2)29-26(30)19(5)12-20-11-18(4)24(13-17(20)3)23-9-8-21(14-25(23)27)28-15-22-7-6-10-31-22/h6-14,16,28H,15H2,1-5H3,(H,29,30). The second kappa shape index (κ2) is 9.65. The lowest BCUT2D eigenvalue weighted by Gasteiger charge is -2.14. The maximum absolute atomic E-state index is 14.9. The van der Waals surface area contributed by atoms with Gasteiger partial charge < -0.3 is 15.1 Å². The van der Waals surface area contributed by atoms with Gasteiger partial charge in [0, 0.05) is 22.9 Å². The van der Waals surface area contributed by atoms with Crippen LogP contribution in [-0.4, -0.2) is 11.9 Å². The molecule has 0 spiro atoms. The molecule has 0 unspecified atom stereocenters. The predicted molar refractivity (Wildman–Crippen MR) is 124 cm³/mol. The zero-order chi connectivity index (χ0) is 22.5. The fourth-order valence-corrected chi connectivity index (χ4v) is 3.40. The minimum Gasteiger partial charge on any atom is -0.467 e. The molecule has 1 amide bonds. The molecular formula is C26H29FN2O2. The Morgan fingerprint density at radius 3 is 2.52 bits per heavy atom. The molecule has 0 radical (unpaired) electrons. The molecule has 0 saturated heterocycles. The number of nitrogens with one attached hydrogen (secondary N) is 2. The van der Waals surface area contributed by atoms with Crippen molar-refractivity contribution in [1.29, 1.82) is 0 Å². The number of hydrogen-bond acceptors (Lipinski definition) is 3. The molecule has 31 heavy (non-hydrogen) atoms. The van der Waals surface area contributed by atoms with E-state index in [9.17, 15) is 9.18 Å². The van der Waals surface area contributed by atoms with Gasteiger partial charge in [0.1, 0.15) is 11.6 Å². The molecular weight excluding hydrogens is 391 g/mol. The molecule has 0 saturated carbocycles. The van der Waals surface area contributed by atoms with E-state index in [-0.39, 0.29) is 17.8 Å². The average Bonchev–Trinajstić information content (AvgIpc) is 3.22. The molecule has 3 rings (SSSR count). The molecule has 0 bridgehead atoms. The van der Waals surface area contributed by atoms with E-state index in [0.717, 1.165) is 28.0 Å². The Labute approximate surface area is 183 Å². The lowest BCUT2D eigenvalue weighted by atomic mass is 9.93. The normalized spacial score (nSPS) is 11.6. The third-order valence-electron chi connectivity index (χ3n) is 5.07. The largest absolute Gasteiger partial charge is 0.467 e. The highest BCUT2D eigenvalue weighted by molar-refractivity contribution is 5.97. The Balaban J connectivity index is 1.83. The minimum absolute atomic E-state index is 0.0835. The van der Waals surface area contributed by atoms with Crippen LogP contribution in [0, 0.1) is 19.7 Å². The smallest absolute Gasteiger partial charge is 0.247 e. The van der Waals surface area contributed by atoms with Crippen molar-refractivity contribution in [2.45, 2.75) is 47.2 Å². The molecule has 1 heterocycles. The first-order valence-electron chi connectivity index (χ1n) is 10.4. The van der Waals surface area contributed by atoms with Crippen LogP contribution in [0.5, 0.6) is 0 Å². The summed E-state index contributed by atoms with van der Waals surface area (Å²) in [5.74, 6) is 0.416. The number of furan rings is 1. The molecule has 0 atom stereocenters. The number of benzene rings is 2. The highest BCUT2D eigenvalue weighted by Gasteiger charge is 2.12. The van der Waals surface area contributed by atoms with Crippen molar-refractivity contribution in [3.8, 4) is 11.1 Å². The van der Waals surface area contributed by atoms with Gasteiger partial charge in [-0.1, -0.05) is 12.1 Å². The van der Waals surface area contributed by atoms with E-state index in [1.165, 1.54) is 6.07 Å². The van der Waals surface area contributed by atoms with Gasteiger partial charge in [-0.15, -0.1) is 0 Å². The number of hydrogen-bond donors (Lipinski definition) is 2. The number of aryl methyl sites for hydroxylation is 2. The molecule has 0 fully saturated rings. The fourth-order valence-electron chi connectivity index (χ4n) is 3.40. The highest BCUT2D eigenvalue weighted by Crippen LogP contribution is 2.31. The number of rotatable bonds is 7. The Morgan fingerprint density at radius 2 is 1.87 bits per heavy atom. The summed E-state index contributed by atoms with van der Waals surface area (Å²) in [6, 6.07) is 12.9. The first kappa shape index (κ1) is 22.3. The summed E-state index contributed by atoms with van der Waals surface area (Å²) in [7, 11) is 0. The van der Waals surface area contributed by atoms with E-state index < -0.39 is 0 Å². The summed E-state index contributed by atoms with van der Waals surface area (Å²) >= 11 is 0. The predicted octanol–water partition coefficient (Wildman–Crippen LogP) is 6.24. The number of anilines is 1. The fraction of sp³-hybridized carbons (Fsp3) is 0.269. The number of amides is 1. The van der Waals surface area contributed by atoms with E-state index in [0.29, 0.717) is 23.4 Å². The molecule has 5 heteroatoms. The summed E-state index contributed by atoms with van der Waals surface area (Å²) < 4.78 is 20.2. The quantitative estimate of drug-likeness (QED) is 0.445. The van der Waals surface area contributed by atoms with Crippen LogP contribution in [0.2, 0.25) is 0 Å². The van der Waals surface area contributed by atoms with Gasteiger partial charge in [0.25, 0.3) is 0 Å². The molecule has 1 aromatic heterocycles. The molecule has 2 N–H and O–H groups in total.